The predicted molar refractivity (Wildman–Crippen MR) is 76.7 cm³/mol. The van der Waals surface area contributed by atoms with Gasteiger partial charge in [-0.15, -0.1) is 0 Å². The van der Waals surface area contributed by atoms with E-state index in [1.54, 1.807) is 0 Å². The van der Waals surface area contributed by atoms with Gasteiger partial charge in [0, 0.05) is 5.69 Å². The first-order valence-corrected chi connectivity index (χ1v) is 6.39. The minimum atomic E-state index is -0.874. The summed E-state index contributed by atoms with van der Waals surface area (Å²) in [6.45, 7) is 2.03. The Balaban J connectivity index is 2.48. The van der Waals surface area contributed by atoms with Crippen LogP contribution in [0.25, 0.3) is 0 Å². The van der Waals surface area contributed by atoms with Gasteiger partial charge in [0.15, 0.2) is 5.11 Å². The molecule has 0 saturated carbocycles. The van der Waals surface area contributed by atoms with E-state index < -0.39 is 12.0 Å². The molecule has 0 heterocycles. The van der Waals surface area contributed by atoms with Gasteiger partial charge in [0.25, 0.3) is 0 Å². The van der Waals surface area contributed by atoms with E-state index in [1.807, 2.05) is 37.3 Å². The van der Waals surface area contributed by atoms with Gasteiger partial charge in [-0.1, -0.05) is 38.0 Å². The lowest BCUT2D eigenvalue weighted by molar-refractivity contribution is -0.139. The Hall–Kier alpha value is -1.62. The molecule has 4 nitrogen and oxygen atoms in total. The van der Waals surface area contributed by atoms with Crippen molar-refractivity contribution in [1.29, 1.82) is 0 Å². The monoisotopic (exact) mass is 266 g/mol. The number of hydrogen-bond acceptors (Lipinski definition) is 2. The van der Waals surface area contributed by atoms with Crippen molar-refractivity contribution >= 4 is 29.0 Å². The Kier molecular flexibility index (Phi) is 6.14. The zero-order chi connectivity index (χ0) is 13.4. The van der Waals surface area contributed by atoms with Gasteiger partial charge in [-0.05, 0) is 30.8 Å². The van der Waals surface area contributed by atoms with E-state index in [-0.39, 0.29) is 0 Å². The highest BCUT2D eigenvalue weighted by molar-refractivity contribution is 7.80. The van der Waals surface area contributed by atoms with Crippen LogP contribution in [-0.4, -0.2) is 22.2 Å². The average molecular weight is 266 g/mol. The normalized spacial score (nSPS) is 11.6. The largest absolute Gasteiger partial charge is 0.480 e. The zero-order valence-corrected chi connectivity index (χ0v) is 11.2. The fourth-order valence-electron chi connectivity index (χ4n) is 1.51. The van der Waals surface area contributed by atoms with Crippen LogP contribution in [0.15, 0.2) is 30.3 Å². The van der Waals surface area contributed by atoms with Gasteiger partial charge in [-0.3, -0.25) is 0 Å². The fraction of sp³-hybridized carbons (Fsp3) is 0.385. The van der Waals surface area contributed by atoms with E-state index >= 15 is 0 Å². The summed E-state index contributed by atoms with van der Waals surface area (Å²) in [5.74, 6) is -0.874. The minimum Gasteiger partial charge on any atom is -0.480 e. The molecule has 18 heavy (non-hydrogen) atoms. The molecule has 0 aliphatic rings. The number of nitrogens with one attached hydrogen (secondary N) is 2. The smallest absolute Gasteiger partial charge is 0.326 e. The SMILES string of the molecule is CCCCC(NC(=S)Nc1ccccc1)C(=O)O. The standard InChI is InChI=1S/C13H18N2O2S/c1-2-3-9-11(12(16)17)15-13(18)14-10-7-5-4-6-8-10/h4-8,11H,2-3,9H2,1H3,(H,16,17)(H2,14,15,18). The molecule has 3 N–H and O–H groups in total. The van der Waals surface area contributed by atoms with Gasteiger partial charge in [0.2, 0.25) is 0 Å². The highest BCUT2D eigenvalue weighted by Crippen LogP contribution is 2.06. The van der Waals surface area contributed by atoms with Crippen molar-refractivity contribution in [2.45, 2.75) is 32.2 Å². The van der Waals surface area contributed by atoms with E-state index in [0.29, 0.717) is 11.5 Å². The lowest BCUT2D eigenvalue weighted by Crippen LogP contribution is -2.42. The quantitative estimate of drug-likeness (QED) is 0.691. The Morgan fingerprint density at radius 1 is 1.39 bits per heavy atom. The van der Waals surface area contributed by atoms with Gasteiger partial charge in [-0.2, -0.15) is 0 Å². The molecule has 0 amide bonds. The second-order valence-corrected chi connectivity index (χ2v) is 4.41. The lowest BCUT2D eigenvalue weighted by atomic mass is 10.1. The molecule has 0 bridgehead atoms. The molecule has 0 aliphatic carbocycles. The summed E-state index contributed by atoms with van der Waals surface area (Å²) >= 11 is 5.10. The molecular weight excluding hydrogens is 248 g/mol. The Morgan fingerprint density at radius 3 is 2.61 bits per heavy atom. The summed E-state index contributed by atoms with van der Waals surface area (Å²) < 4.78 is 0. The second-order valence-electron chi connectivity index (χ2n) is 4.00. The van der Waals surface area contributed by atoms with E-state index in [1.165, 1.54) is 0 Å². The first-order chi connectivity index (χ1) is 8.63. The minimum absolute atomic E-state index is 0.338. The van der Waals surface area contributed by atoms with Crippen LogP contribution in [0.5, 0.6) is 0 Å². The summed E-state index contributed by atoms with van der Waals surface area (Å²) in [5, 5.41) is 15.2. The average Bonchev–Trinajstić information content (AvgIpc) is 2.35. The van der Waals surface area contributed by atoms with Crippen LogP contribution >= 0.6 is 12.2 Å². The molecule has 1 unspecified atom stereocenters. The second kappa shape index (κ2) is 7.66. The predicted octanol–water partition coefficient (Wildman–Crippen LogP) is 2.62. The van der Waals surface area contributed by atoms with Crippen molar-refractivity contribution in [1.82, 2.24) is 5.32 Å². The summed E-state index contributed by atoms with van der Waals surface area (Å²) in [6, 6.07) is 8.79. The third-order valence-electron chi connectivity index (χ3n) is 2.48. The molecular formula is C13H18N2O2S. The maximum Gasteiger partial charge on any atom is 0.326 e. The first kappa shape index (κ1) is 14.4. The highest BCUT2D eigenvalue weighted by atomic mass is 32.1. The van der Waals surface area contributed by atoms with Crippen molar-refractivity contribution in [2.24, 2.45) is 0 Å². The van der Waals surface area contributed by atoms with E-state index in [9.17, 15) is 4.79 Å². The van der Waals surface area contributed by atoms with Crippen molar-refractivity contribution in [3.8, 4) is 0 Å². The Bertz CT molecular complexity index is 395. The van der Waals surface area contributed by atoms with Crippen LogP contribution in [0.2, 0.25) is 0 Å². The van der Waals surface area contributed by atoms with Gasteiger partial charge in [-0.25, -0.2) is 4.79 Å². The van der Waals surface area contributed by atoms with Crippen molar-refractivity contribution in [2.75, 3.05) is 5.32 Å². The summed E-state index contributed by atoms with van der Waals surface area (Å²) in [6.07, 6.45) is 2.39. The van der Waals surface area contributed by atoms with Crippen LogP contribution in [0.3, 0.4) is 0 Å². The van der Waals surface area contributed by atoms with Gasteiger partial charge in [0.05, 0.1) is 0 Å². The Morgan fingerprint density at radius 2 is 2.06 bits per heavy atom. The third kappa shape index (κ3) is 5.14. The third-order valence-corrected chi connectivity index (χ3v) is 2.70. The van der Waals surface area contributed by atoms with Crippen LogP contribution in [0.1, 0.15) is 26.2 Å². The van der Waals surface area contributed by atoms with Crippen LogP contribution < -0.4 is 10.6 Å². The van der Waals surface area contributed by atoms with Crippen LogP contribution in [0, 0.1) is 0 Å². The number of anilines is 1. The molecule has 0 aromatic heterocycles. The molecule has 0 aliphatic heterocycles. The van der Waals surface area contributed by atoms with E-state index in [4.69, 9.17) is 17.3 Å². The molecule has 0 spiro atoms. The lowest BCUT2D eigenvalue weighted by Gasteiger charge is -2.17. The van der Waals surface area contributed by atoms with Crippen molar-refractivity contribution in [3.05, 3.63) is 30.3 Å². The molecule has 0 saturated heterocycles. The number of hydrogen-bond donors (Lipinski definition) is 3. The van der Waals surface area contributed by atoms with Gasteiger partial charge < -0.3 is 15.7 Å². The number of rotatable bonds is 6. The van der Waals surface area contributed by atoms with Crippen molar-refractivity contribution in [3.63, 3.8) is 0 Å². The Labute approximate surface area is 112 Å². The number of unbranched alkanes of at least 4 members (excludes halogenated alkanes) is 1. The number of carboxylic acid groups (broad SMARTS) is 1. The number of thiocarbonyl (C=S) groups is 1. The van der Waals surface area contributed by atoms with Gasteiger partial charge in [0.1, 0.15) is 6.04 Å². The molecule has 1 rings (SSSR count). The number of carbonyl (C=O) groups is 1. The first-order valence-electron chi connectivity index (χ1n) is 5.99. The number of carboxylic acids is 1. The maximum atomic E-state index is 11.0. The molecule has 5 heteroatoms. The van der Waals surface area contributed by atoms with E-state index in [2.05, 4.69) is 10.6 Å². The fourth-order valence-corrected chi connectivity index (χ4v) is 1.77. The van der Waals surface area contributed by atoms with E-state index in [0.717, 1.165) is 18.5 Å². The zero-order valence-electron chi connectivity index (χ0n) is 10.3. The number of benzene rings is 1. The number of aliphatic carboxylic acids is 1. The van der Waals surface area contributed by atoms with Crippen LogP contribution in [-0.2, 0) is 4.79 Å². The van der Waals surface area contributed by atoms with Crippen LogP contribution in [0.4, 0.5) is 5.69 Å². The summed E-state index contributed by atoms with van der Waals surface area (Å²) in [7, 11) is 0. The maximum absolute atomic E-state index is 11.0. The molecule has 1 atom stereocenters. The molecule has 98 valence electrons. The molecule has 0 radical (unpaired) electrons. The topological polar surface area (TPSA) is 61.4 Å². The number of para-hydroxylation sites is 1. The summed E-state index contributed by atoms with van der Waals surface area (Å²) in [5.41, 5.74) is 0.842. The molecule has 1 aromatic carbocycles. The van der Waals surface area contributed by atoms with Crippen molar-refractivity contribution < 1.29 is 9.90 Å². The van der Waals surface area contributed by atoms with Gasteiger partial charge >= 0.3 is 5.97 Å². The highest BCUT2D eigenvalue weighted by Gasteiger charge is 2.17. The summed E-state index contributed by atoms with van der Waals surface area (Å²) in [4.78, 5) is 11.0. The molecule has 0 fully saturated rings. The molecule has 1 aromatic rings.